The number of benzene rings is 7. The van der Waals surface area contributed by atoms with Crippen molar-refractivity contribution >= 4 is 71.1 Å². The third-order valence-corrected chi connectivity index (χ3v) is 9.67. The number of nitrogens with zero attached hydrogens (tertiary/aromatic N) is 3. The van der Waals surface area contributed by atoms with E-state index < -0.39 is 0 Å². The topological polar surface area (TPSA) is 66.8 Å². The van der Waals surface area contributed by atoms with Crippen molar-refractivity contribution < 1.29 is 0 Å². The molecule has 52 heavy (non-hydrogen) atoms. The van der Waals surface area contributed by atoms with Crippen LogP contribution in [0.5, 0.6) is 0 Å². The van der Waals surface area contributed by atoms with Gasteiger partial charge in [-0.2, -0.15) is 0 Å². The van der Waals surface area contributed by atoms with Crippen LogP contribution in [0.1, 0.15) is 0 Å². The van der Waals surface area contributed by atoms with Crippen LogP contribution in [0.3, 0.4) is 0 Å². The van der Waals surface area contributed by atoms with E-state index in [1.807, 2.05) is 18.2 Å². The second kappa shape index (κ2) is 13.8. The lowest BCUT2D eigenvalue weighted by atomic mass is 10.1. The van der Waals surface area contributed by atoms with Crippen molar-refractivity contribution in [2.24, 2.45) is 5.73 Å². The summed E-state index contributed by atoms with van der Waals surface area (Å²) in [6.07, 6.45) is 3.28. The van der Waals surface area contributed by atoms with E-state index >= 15 is 0 Å². The van der Waals surface area contributed by atoms with Crippen LogP contribution in [-0.2, 0) is 6.67 Å². The fourth-order valence-corrected chi connectivity index (χ4v) is 7.45. The Hall–Kier alpha value is -6.82. The number of aromatic nitrogens is 3. The summed E-state index contributed by atoms with van der Waals surface area (Å²) in [4.78, 5) is 0. The summed E-state index contributed by atoms with van der Waals surface area (Å²) < 4.78 is 6.80. The molecule has 3 aromatic heterocycles. The maximum absolute atomic E-state index is 6.24. The molecule has 0 saturated heterocycles. The molecule has 0 saturated carbocycles. The highest BCUT2D eigenvalue weighted by Gasteiger charge is 2.17. The van der Waals surface area contributed by atoms with E-state index in [0.717, 1.165) is 16.9 Å². The van der Waals surface area contributed by atoms with E-state index in [2.05, 4.69) is 172 Å². The summed E-state index contributed by atoms with van der Waals surface area (Å²) in [6, 6.07) is 57.2. The molecule has 0 atom stereocenters. The van der Waals surface area contributed by atoms with Gasteiger partial charge in [0.1, 0.15) is 0 Å². The number of nitrogen functional groups attached to an aromatic ring is 1. The Balaban J connectivity index is 0.000000141. The number of allylic oxidation sites excluding steroid dienone is 2. The standard InChI is InChI=1S/C25H19N3.C18H14N2.C4H6/c26-16-27-22-12-6-4-10-18(22)20-15-25-21(14-24(20)27)19-11-5-7-13-23(19)28(25)17-8-2-1-3-9-17;19-16-11-6-10-15-14-9-4-5-12-17(14)20(18(15)16)13-7-2-1-3-8-13;1-3-4-2/h1-15H,16,26H2;1-12H,19H2;3-4H,1-2H2. The second-order valence-corrected chi connectivity index (χ2v) is 12.6. The average molecular weight is 674 g/mol. The number of rotatable bonds is 4. The van der Waals surface area contributed by atoms with Crippen LogP contribution in [0.25, 0.3) is 76.8 Å². The van der Waals surface area contributed by atoms with Crippen molar-refractivity contribution in [3.8, 4) is 11.4 Å². The highest BCUT2D eigenvalue weighted by molar-refractivity contribution is 6.18. The molecule has 10 aromatic rings. The smallest absolute Gasteiger partial charge is 0.0771 e. The first-order valence-electron chi connectivity index (χ1n) is 17.4. The zero-order chi connectivity index (χ0) is 35.6. The Labute approximate surface area is 302 Å². The van der Waals surface area contributed by atoms with Gasteiger partial charge in [-0.15, -0.1) is 0 Å². The molecule has 0 bridgehead atoms. The largest absolute Gasteiger partial charge is 0.397 e. The number of hydrogen-bond acceptors (Lipinski definition) is 2. The predicted octanol–water partition coefficient (Wildman–Crippen LogP) is 11.5. The quantitative estimate of drug-likeness (QED) is 0.144. The molecule has 5 heteroatoms. The van der Waals surface area contributed by atoms with Gasteiger partial charge in [0.05, 0.1) is 45.5 Å². The van der Waals surface area contributed by atoms with E-state index in [1.165, 1.54) is 65.6 Å². The zero-order valence-corrected chi connectivity index (χ0v) is 28.9. The van der Waals surface area contributed by atoms with Crippen LogP contribution in [0.4, 0.5) is 5.69 Å². The summed E-state index contributed by atoms with van der Waals surface area (Å²) in [5.74, 6) is 0. The molecule has 0 aliphatic rings. The minimum Gasteiger partial charge on any atom is -0.397 e. The van der Waals surface area contributed by atoms with Crippen molar-refractivity contribution in [3.05, 3.63) is 189 Å². The van der Waals surface area contributed by atoms with E-state index in [1.54, 1.807) is 12.2 Å². The van der Waals surface area contributed by atoms with Crippen molar-refractivity contribution in [1.82, 2.24) is 13.7 Å². The van der Waals surface area contributed by atoms with E-state index in [4.69, 9.17) is 11.5 Å². The number of anilines is 1. The van der Waals surface area contributed by atoms with Gasteiger partial charge in [-0.25, -0.2) is 0 Å². The zero-order valence-electron chi connectivity index (χ0n) is 28.9. The Morgan fingerprint density at radius 1 is 0.423 bits per heavy atom. The van der Waals surface area contributed by atoms with E-state index in [0.29, 0.717) is 6.67 Å². The first-order valence-corrected chi connectivity index (χ1v) is 17.4. The lowest BCUT2D eigenvalue weighted by Crippen LogP contribution is -2.06. The maximum Gasteiger partial charge on any atom is 0.0771 e. The maximum atomic E-state index is 6.24. The summed E-state index contributed by atoms with van der Waals surface area (Å²) in [5.41, 5.74) is 22.6. The lowest BCUT2D eigenvalue weighted by Gasteiger charge is -2.08. The normalized spacial score (nSPS) is 11.1. The van der Waals surface area contributed by atoms with Gasteiger partial charge in [-0.3, -0.25) is 0 Å². The van der Waals surface area contributed by atoms with Crippen LogP contribution in [0.2, 0.25) is 0 Å². The SMILES string of the molecule is C=CC=C.NCn1c2ccccc2c2cc3c(cc21)c1ccccc1n3-c1ccccc1.Nc1cccc2c3ccccc3n(-c3ccccc3)c12. The van der Waals surface area contributed by atoms with Crippen LogP contribution in [0, 0.1) is 0 Å². The van der Waals surface area contributed by atoms with Gasteiger partial charge in [0.25, 0.3) is 0 Å². The third-order valence-electron chi connectivity index (χ3n) is 9.67. The molecule has 5 nitrogen and oxygen atoms in total. The highest BCUT2D eigenvalue weighted by atomic mass is 15.0. The fourth-order valence-electron chi connectivity index (χ4n) is 7.45. The van der Waals surface area contributed by atoms with Crippen LogP contribution in [-0.4, -0.2) is 13.7 Å². The fraction of sp³-hybridized carbons (Fsp3) is 0.0213. The molecule has 0 unspecified atom stereocenters. The van der Waals surface area contributed by atoms with Gasteiger partial charge in [0.2, 0.25) is 0 Å². The third kappa shape index (κ3) is 5.41. The molecule has 0 spiro atoms. The number of hydrogen-bond donors (Lipinski definition) is 2. The lowest BCUT2D eigenvalue weighted by molar-refractivity contribution is 0.791. The highest BCUT2D eigenvalue weighted by Crippen LogP contribution is 2.38. The first kappa shape index (κ1) is 32.4. The first-order chi connectivity index (χ1) is 25.6. The van der Waals surface area contributed by atoms with Gasteiger partial charge >= 0.3 is 0 Å². The number of fused-ring (bicyclic) bond motifs is 9. The minimum atomic E-state index is 0.465. The molecular formula is C47H39N5. The summed E-state index contributed by atoms with van der Waals surface area (Å²) in [5, 5.41) is 7.44. The van der Waals surface area contributed by atoms with Gasteiger partial charge in [-0.05, 0) is 60.7 Å². The van der Waals surface area contributed by atoms with Crippen LogP contribution in [0.15, 0.2) is 189 Å². The van der Waals surface area contributed by atoms with Crippen LogP contribution < -0.4 is 11.5 Å². The molecule has 0 aliphatic carbocycles. The second-order valence-electron chi connectivity index (χ2n) is 12.6. The molecule has 0 amide bonds. The molecule has 7 aromatic carbocycles. The minimum absolute atomic E-state index is 0.465. The molecular weight excluding hydrogens is 635 g/mol. The summed E-state index contributed by atoms with van der Waals surface area (Å²) in [6.45, 7) is 7.19. The van der Waals surface area contributed by atoms with Crippen LogP contribution >= 0.6 is 0 Å². The van der Waals surface area contributed by atoms with Crippen molar-refractivity contribution in [2.45, 2.75) is 6.67 Å². The number of nitrogens with two attached hydrogens (primary N) is 2. The summed E-state index contributed by atoms with van der Waals surface area (Å²) >= 11 is 0. The van der Waals surface area contributed by atoms with E-state index in [9.17, 15) is 0 Å². The van der Waals surface area contributed by atoms with Gasteiger partial charge in [0, 0.05) is 43.7 Å². The average Bonchev–Trinajstić information content (AvgIpc) is 3.84. The Bertz CT molecular complexity index is 2870. The van der Waals surface area contributed by atoms with Gasteiger partial charge in [-0.1, -0.05) is 128 Å². The van der Waals surface area contributed by atoms with Gasteiger partial charge in [0.15, 0.2) is 0 Å². The Kier molecular flexibility index (Phi) is 8.61. The molecule has 0 aliphatic heterocycles. The molecule has 0 radical (unpaired) electrons. The predicted molar refractivity (Wildman–Crippen MR) is 224 cm³/mol. The molecule has 252 valence electrons. The number of para-hydroxylation sites is 6. The van der Waals surface area contributed by atoms with E-state index in [-0.39, 0.29) is 0 Å². The van der Waals surface area contributed by atoms with Crippen molar-refractivity contribution in [2.75, 3.05) is 5.73 Å². The molecule has 3 heterocycles. The van der Waals surface area contributed by atoms with Crippen molar-refractivity contribution in [3.63, 3.8) is 0 Å². The molecule has 0 fully saturated rings. The Morgan fingerprint density at radius 2 is 0.865 bits per heavy atom. The Morgan fingerprint density at radius 3 is 1.46 bits per heavy atom. The van der Waals surface area contributed by atoms with Gasteiger partial charge < -0.3 is 25.2 Å². The monoisotopic (exact) mass is 673 g/mol. The van der Waals surface area contributed by atoms with Crippen molar-refractivity contribution in [1.29, 1.82) is 0 Å². The molecule has 10 rings (SSSR count). The molecule has 4 N–H and O–H groups in total. The summed E-state index contributed by atoms with van der Waals surface area (Å²) in [7, 11) is 0.